The minimum Gasteiger partial charge on any atom is -0.437 e. The second kappa shape index (κ2) is 7.20. The number of benzene rings is 1. The van der Waals surface area contributed by atoms with E-state index in [1.807, 2.05) is 23.9 Å². The summed E-state index contributed by atoms with van der Waals surface area (Å²) >= 11 is 6.28. The molecule has 0 saturated heterocycles. The van der Waals surface area contributed by atoms with Gasteiger partial charge in [0.1, 0.15) is 23.4 Å². The van der Waals surface area contributed by atoms with E-state index >= 15 is 0 Å². The molecule has 4 aromatic rings. The topological polar surface area (TPSA) is 107 Å². The van der Waals surface area contributed by atoms with Crippen LogP contribution in [0, 0.1) is 6.92 Å². The third-order valence-corrected chi connectivity index (χ3v) is 4.21. The van der Waals surface area contributed by atoms with Crippen LogP contribution in [-0.4, -0.2) is 25.7 Å². The lowest BCUT2D eigenvalue weighted by Gasteiger charge is -2.10. The minimum atomic E-state index is -0.495. The van der Waals surface area contributed by atoms with Gasteiger partial charge in [-0.25, -0.2) is 9.78 Å². The van der Waals surface area contributed by atoms with Gasteiger partial charge in [-0.15, -0.1) is 0 Å². The number of carbonyl (C=O) groups is 1. The fourth-order valence-corrected chi connectivity index (χ4v) is 2.85. The summed E-state index contributed by atoms with van der Waals surface area (Å²) < 4.78 is 12.6. The van der Waals surface area contributed by atoms with Crippen molar-refractivity contribution >= 4 is 40.2 Å². The molecule has 0 unspecified atom stereocenters. The van der Waals surface area contributed by atoms with E-state index in [-0.39, 0.29) is 0 Å². The fourth-order valence-electron chi connectivity index (χ4n) is 2.63. The molecule has 0 atom stereocenters. The second-order valence-corrected chi connectivity index (χ2v) is 6.39. The minimum absolute atomic E-state index is 0.307. The van der Waals surface area contributed by atoms with Gasteiger partial charge >= 0.3 is 6.03 Å². The van der Waals surface area contributed by atoms with E-state index in [2.05, 4.69) is 25.8 Å². The third-order valence-electron chi connectivity index (χ3n) is 3.90. The highest BCUT2D eigenvalue weighted by Crippen LogP contribution is 2.31. The number of aryl methyl sites for hydroxylation is 2. The highest BCUT2D eigenvalue weighted by molar-refractivity contribution is 6.34. The molecule has 4 rings (SSSR count). The number of rotatable bonds is 4. The van der Waals surface area contributed by atoms with Crippen molar-refractivity contribution in [3.8, 4) is 11.6 Å². The predicted molar refractivity (Wildman–Crippen MR) is 104 cm³/mol. The number of fused-ring (bicyclic) bond motifs is 1. The Kier molecular flexibility index (Phi) is 4.58. The summed E-state index contributed by atoms with van der Waals surface area (Å²) in [5.41, 5.74) is 1.96. The molecule has 2 amide bonds. The zero-order valence-electron chi connectivity index (χ0n) is 14.9. The molecule has 9 nitrogen and oxygen atoms in total. The number of carbonyl (C=O) groups excluding carboxylic acids is 1. The van der Waals surface area contributed by atoms with Crippen LogP contribution in [0.5, 0.6) is 11.6 Å². The summed E-state index contributed by atoms with van der Waals surface area (Å²) in [6.07, 6.45) is 3.31. The van der Waals surface area contributed by atoms with Crippen LogP contribution in [-0.2, 0) is 7.05 Å². The van der Waals surface area contributed by atoms with E-state index in [1.54, 1.807) is 31.2 Å². The number of halogens is 1. The third kappa shape index (κ3) is 3.60. The Morgan fingerprint density at radius 3 is 2.82 bits per heavy atom. The van der Waals surface area contributed by atoms with Crippen LogP contribution < -0.4 is 15.4 Å². The molecular formula is C18H15ClN6O3. The smallest absolute Gasteiger partial charge is 0.324 e. The van der Waals surface area contributed by atoms with Gasteiger partial charge in [-0.3, -0.25) is 5.32 Å². The van der Waals surface area contributed by atoms with Crippen molar-refractivity contribution in [1.82, 2.24) is 19.7 Å². The van der Waals surface area contributed by atoms with E-state index in [0.717, 1.165) is 11.0 Å². The molecule has 3 aromatic heterocycles. The van der Waals surface area contributed by atoms with Crippen molar-refractivity contribution in [2.75, 3.05) is 10.6 Å². The Labute approximate surface area is 164 Å². The Morgan fingerprint density at radius 1 is 1.21 bits per heavy atom. The number of nitrogens with zero attached hydrogens (tertiary/aromatic N) is 4. The van der Waals surface area contributed by atoms with Crippen molar-refractivity contribution in [1.29, 1.82) is 0 Å². The first-order valence-electron chi connectivity index (χ1n) is 8.24. The van der Waals surface area contributed by atoms with Gasteiger partial charge in [0.25, 0.3) is 0 Å². The maximum Gasteiger partial charge on any atom is 0.324 e. The van der Waals surface area contributed by atoms with Crippen LogP contribution in [0.2, 0.25) is 5.02 Å². The van der Waals surface area contributed by atoms with Crippen LogP contribution in [0.15, 0.2) is 47.4 Å². The van der Waals surface area contributed by atoms with Gasteiger partial charge in [0.05, 0.1) is 16.2 Å². The molecule has 0 radical (unpaired) electrons. The molecule has 1 aromatic carbocycles. The molecule has 0 fully saturated rings. The van der Waals surface area contributed by atoms with Gasteiger partial charge in [-0.05, 0) is 25.1 Å². The molecule has 2 N–H and O–H groups in total. The van der Waals surface area contributed by atoms with E-state index < -0.39 is 6.03 Å². The van der Waals surface area contributed by atoms with Crippen LogP contribution in [0.4, 0.5) is 16.3 Å². The van der Waals surface area contributed by atoms with Crippen molar-refractivity contribution in [2.45, 2.75) is 6.92 Å². The second-order valence-electron chi connectivity index (χ2n) is 5.98. The number of anilines is 2. The number of aromatic nitrogens is 4. The van der Waals surface area contributed by atoms with E-state index in [9.17, 15) is 4.79 Å². The Hall–Kier alpha value is -3.59. The van der Waals surface area contributed by atoms with Gasteiger partial charge in [-0.1, -0.05) is 16.8 Å². The molecule has 142 valence electrons. The Morgan fingerprint density at radius 2 is 2.07 bits per heavy atom. The largest absolute Gasteiger partial charge is 0.437 e. The van der Waals surface area contributed by atoms with Crippen LogP contribution in [0.25, 0.3) is 11.0 Å². The maximum absolute atomic E-state index is 12.1. The average Bonchev–Trinajstić information content (AvgIpc) is 3.24. The zero-order valence-corrected chi connectivity index (χ0v) is 15.7. The molecule has 0 aliphatic rings. The molecule has 0 aliphatic carbocycles. The van der Waals surface area contributed by atoms with Gasteiger partial charge in [0.2, 0.25) is 5.88 Å². The number of hydrogen-bond acceptors (Lipinski definition) is 6. The summed E-state index contributed by atoms with van der Waals surface area (Å²) in [4.78, 5) is 20.5. The van der Waals surface area contributed by atoms with Crippen LogP contribution in [0.3, 0.4) is 0 Å². The lowest BCUT2D eigenvalue weighted by atomic mass is 10.3. The molecule has 10 heteroatoms. The zero-order chi connectivity index (χ0) is 19.7. The highest BCUT2D eigenvalue weighted by atomic mass is 35.5. The molecule has 0 saturated carbocycles. The first-order valence-corrected chi connectivity index (χ1v) is 8.62. The van der Waals surface area contributed by atoms with E-state index in [0.29, 0.717) is 33.9 Å². The monoisotopic (exact) mass is 398 g/mol. The normalized spacial score (nSPS) is 10.8. The first-order chi connectivity index (χ1) is 13.5. The van der Waals surface area contributed by atoms with Crippen molar-refractivity contribution in [3.63, 3.8) is 0 Å². The molecule has 3 heterocycles. The van der Waals surface area contributed by atoms with Crippen LogP contribution >= 0.6 is 11.6 Å². The number of ether oxygens (including phenoxy) is 1. The maximum atomic E-state index is 12.1. The number of urea groups is 1. The summed E-state index contributed by atoms with van der Waals surface area (Å²) in [5.74, 6) is 1.78. The summed E-state index contributed by atoms with van der Waals surface area (Å²) in [6.45, 7) is 1.73. The molecule has 0 bridgehead atoms. The van der Waals surface area contributed by atoms with Crippen LogP contribution in [0.1, 0.15) is 5.76 Å². The molecule has 0 spiro atoms. The lowest BCUT2D eigenvalue weighted by molar-refractivity contribution is 0.262. The van der Waals surface area contributed by atoms with Gasteiger partial charge in [0, 0.05) is 25.4 Å². The molecular weight excluding hydrogens is 384 g/mol. The van der Waals surface area contributed by atoms with Gasteiger partial charge < -0.3 is 19.1 Å². The quantitative estimate of drug-likeness (QED) is 0.529. The molecule has 28 heavy (non-hydrogen) atoms. The van der Waals surface area contributed by atoms with Crippen molar-refractivity contribution < 1.29 is 14.1 Å². The lowest BCUT2D eigenvalue weighted by Crippen LogP contribution is -2.19. The van der Waals surface area contributed by atoms with Crippen molar-refractivity contribution in [2.24, 2.45) is 7.05 Å². The predicted octanol–water partition coefficient (Wildman–Crippen LogP) is 4.35. The van der Waals surface area contributed by atoms with E-state index in [4.69, 9.17) is 20.9 Å². The first kappa shape index (κ1) is 17.8. The number of nitrogens with one attached hydrogen (secondary N) is 2. The molecule has 0 aliphatic heterocycles. The Balaban J connectivity index is 1.49. The highest BCUT2D eigenvalue weighted by Gasteiger charge is 2.12. The standard InChI is InChI=1S/C18H15ClN6O3/c1-10-7-15(24-28-10)23-18(26)22-13-4-3-11(8-12(13)19)27-17-16-14(20-9-21-17)5-6-25(16)2/h3-9H,1-2H3,(H2,22,23,24,26). The summed E-state index contributed by atoms with van der Waals surface area (Å²) in [7, 11) is 1.88. The number of amides is 2. The Bertz CT molecular complexity index is 1170. The summed E-state index contributed by atoms with van der Waals surface area (Å²) in [6, 6.07) is 7.88. The average molecular weight is 399 g/mol. The van der Waals surface area contributed by atoms with Gasteiger partial charge in [0.15, 0.2) is 5.82 Å². The fraction of sp³-hybridized carbons (Fsp3) is 0.111. The SMILES string of the molecule is Cc1cc(NC(=O)Nc2ccc(Oc3ncnc4ccn(C)c34)cc2Cl)no1. The summed E-state index contributed by atoms with van der Waals surface area (Å²) in [5, 5.41) is 9.20. The van der Waals surface area contributed by atoms with E-state index in [1.165, 1.54) is 6.33 Å². The number of hydrogen-bond donors (Lipinski definition) is 2. The van der Waals surface area contributed by atoms with Crippen molar-refractivity contribution in [3.05, 3.63) is 53.6 Å². The van der Waals surface area contributed by atoms with Gasteiger partial charge in [-0.2, -0.15) is 4.98 Å².